The van der Waals surface area contributed by atoms with Gasteiger partial charge in [0.2, 0.25) is 0 Å². The molecule has 0 amide bonds. The maximum absolute atomic E-state index is 11.6. The smallest absolute Gasteiger partial charge is 0.295 e. The Kier molecular flexibility index (Phi) is 3.70. The minimum absolute atomic E-state index is 0.0157. The van der Waals surface area contributed by atoms with Crippen LogP contribution < -0.4 is 5.56 Å². The molecular formula is C14H12N4O5S. The minimum Gasteiger partial charge on any atom is -0.506 e. The van der Waals surface area contributed by atoms with Crippen molar-refractivity contribution in [2.75, 3.05) is 0 Å². The predicted molar refractivity (Wildman–Crippen MR) is 85.8 cm³/mol. The van der Waals surface area contributed by atoms with Crippen molar-refractivity contribution in [3.8, 4) is 5.75 Å². The third kappa shape index (κ3) is 2.68. The van der Waals surface area contributed by atoms with Crippen LogP contribution >= 0.6 is 0 Å². The number of nitrogens with zero attached hydrogens (tertiary/aromatic N) is 2. The zero-order valence-electron chi connectivity index (χ0n) is 12.3. The molecule has 2 aromatic carbocycles. The summed E-state index contributed by atoms with van der Waals surface area (Å²) in [6.45, 7) is 1.62. The van der Waals surface area contributed by atoms with Crippen LogP contribution in [0.15, 0.2) is 50.3 Å². The van der Waals surface area contributed by atoms with Gasteiger partial charge in [0, 0.05) is 16.8 Å². The number of phenols is 1. The summed E-state index contributed by atoms with van der Waals surface area (Å²) in [5.74, 6) is -0.491. The van der Waals surface area contributed by atoms with Gasteiger partial charge < -0.3 is 10.2 Å². The summed E-state index contributed by atoms with van der Waals surface area (Å²) in [5, 5.41) is 23.2. The highest BCUT2D eigenvalue weighted by atomic mass is 32.2. The molecule has 0 fully saturated rings. The molecule has 0 spiro atoms. The highest BCUT2D eigenvalue weighted by Crippen LogP contribution is 2.39. The zero-order valence-corrected chi connectivity index (χ0v) is 13.1. The zero-order chi connectivity index (χ0) is 17.5. The van der Waals surface area contributed by atoms with E-state index in [4.69, 9.17) is 0 Å². The first-order valence-corrected chi connectivity index (χ1v) is 8.14. The fourth-order valence-corrected chi connectivity index (χ4v) is 3.01. The van der Waals surface area contributed by atoms with Gasteiger partial charge in [-0.2, -0.15) is 8.42 Å². The molecule has 24 heavy (non-hydrogen) atoms. The summed E-state index contributed by atoms with van der Waals surface area (Å²) >= 11 is 0. The Morgan fingerprint density at radius 1 is 1.04 bits per heavy atom. The molecular weight excluding hydrogens is 336 g/mol. The number of aromatic hydroxyl groups is 1. The molecule has 0 aliphatic carbocycles. The molecule has 0 radical (unpaired) electrons. The number of nitrogens with one attached hydrogen (secondary N) is 2. The van der Waals surface area contributed by atoms with E-state index in [0.29, 0.717) is 5.69 Å². The topological polar surface area (TPSA) is 148 Å². The van der Waals surface area contributed by atoms with E-state index in [1.165, 1.54) is 12.1 Å². The number of aromatic nitrogens is 2. The standard InChI is InChI=1S/C14H12N4O5S/c1-7-12(14(20)18-15-7)16-17-13-9-5-3-2-4-8(9)11(6-10(13)19)24(21,22)23/h2-6,19H,1H3,(H2,15,18,20)(H,21,22,23). The van der Waals surface area contributed by atoms with Crippen LogP contribution in [0, 0.1) is 6.92 Å². The summed E-state index contributed by atoms with van der Waals surface area (Å²) in [7, 11) is -4.53. The first-order chi connectivity index (χ1) is 11.3. The molecule has 1 aromatic heterocycles. The molecule has 10 heteroatoms. The van der Waals surface area contributed by atoms with E-state index in [2.05, 4.69) is 20.4 Å². The molecule has 0 atom stereocenters. The normalized spacial score (nSPS) is 12.2. The van der Waals surface area contributed by atoms with Crippen molar-refractivity contribution in [2.45, 2.75) is 11.8 Å². The first-order valence-electron chi connectivity index (χ1n) is 6.70. The number of aryl methyl sites for hydroxylation is 1. The van der Waals surface area contributed by atoms with Crippen molar-refractivity contribution in [3.63, 3.8) is 0 Å². The number of azo groups is 1. The Morgan fingerprint density at radius 3 is 2.25 bits per heavy atom. The second-order valence-corrected chi connectivity index (χ2v) is 6.41. The molecule has 0 bridgehead atoms. The molecule has 124 valence electrons. The van der Waals surface area contributed by atoms with E-state index >= 15 is 0 Å². The van der Waals surface area contributed by atoms with Gasteiger partial charge in [0.05, 0.1) is 5.69 Å². The maximum atomic E-state index is 11.6. The minimum atomic E-state index is -4.53. The monoisotopic (exact) mass is 348 g/mol. The number of benzene rings is 2. The lowest BCUT2D eigenvalue weighted by Crippen LogP contribution is -1.99. The van der Waals surface area contributed by atoms with Crippen molar-refractivity contribution in [1.29, 1.82) is 0 Å². The van der Waals surface area contributed by atoms with Crippen LogP contribution in [0.3, 0.4) is 0 Å². The summed E-state index contributed by atoms with van der Waals surface area (Å²) in [4.78, 5) is 11.1. The predicted octanol–water partition coefficient (Wildman–Crippen LogP) is 2.53. The molecule has 0 aliphatic rings. The Hall–Kier alpha value is -2.98. The molecule has 9 nitrogen and oxygen atoms in total. The molecule has 0 saturated carbocycles. The molecule has 3 rings (SSSR count). The highest BCUT2D eigenvalue weighted by molar-refractivity contribution is 7.86. The van der Waals surface area contributed by atoms with Gasteiger partial charge in [-0.15, -0.1) is 10.2 Å². The van der Waals surface area contributed by atoms with Crippen LogP contribution in [0.1, 0.15) is 5.69 Å². The third-order valence-electron chi connectivity index (χ3n) is 3.42. The van der Waals surface area contributed by atoms with E-state index in [1.54, 1.807) is 19.1 Å². The number of rotatable bonds is 3. The average molecular weight is 348 g/mol. The maximum Gasteiger partial charge on any atom is 0.295 e. The van der Waals surface area contributed by atoms with E-state index in [0.717, 1.165) is 6.07 Å². The Balaban J connectivity index is 2.27. The van der Waals surface area contributed by atoms with Crippen LogP contribution in [-0.4, -0.2) is 28.3 Å². The first kappa shape index (κ1) is 15.9. The van der Waals surface area contributed by atoms with Gasteiger partial charge >= 0.3 is 0 Å². The van der Waals surface area contributed by atoms with Crippen LogP contribution in [0.5, 0.6) is 5.75 Å². The Labute approximate surface area is 135 Å². The number of H-pyrrole nitrogens is 2. The van der Waals surface area contributed by atoms with Gasteiger partial charge in [-0.1, -0.05) is 24.3 Å². The molecule has 3 aromatic rings. The fourth-order valence-electron chi connectivity index (χ4n) is 2.29. The van der Waals surface area contributed by atoms with Gasteiger partial charge in [-0.05, 0) is 6.92 Å². The Morgan fingerprint density at radius 2 is 1.67 bits per heavy atom. The number of fused-ring (bicyclic) bond motifs is 1. The summed E-state index contributed by atoms with van der Waals surface area (Å²) in [6.07, 6.45) is 0. The van der Waals surface area contributed by atoms with Gasteiger partial charge in [-0.25, -0.2) is 0 Å². The van der Waals surface area contributed by atoms with E-state index in [1.807, 2.05) is 0 Å². The van der Waals surface area contributed by atoms with E-state index in [-0.39, 0.29) is 22.1 Å². The van der Waals surface area contributed by atoms with Crippen molar-refractivity contribution >= 4 is 32.3 Å². The van der Waals surface area contributed by atoms with Crippen molar-refractivity contribution < 1.29 is 18.1 Å². The molecule has 0 unspecified atom stereocenters. The lowest BCUT2D eigenvalue weighted by molar-refractivity contribution is 0.468. The molecule has 0 saturated heterocycles. The van der Waals surface area contributed by atoms with Crippen molar-refractivity contribution in [1.82, 2.24) is 10.2 Å². The lowest BCUT2D eigenvalue weighted by Gasteiger charge is -2.08. The largest absolute Gasteiger partial charge is 0.506 e. The number of aromatic amines is 2. The molecule has 1 heterocycles. The van der Waals surface area contributed by atoms with Crippen LogP contribution in [-0.2, 0) is 10.1 Å². The second-order valence-electron chi connectivity index (χ2n) is 5.02. The van der Waals surface area contributed by atoms with Crippen molar-refractivity contribution in [2.24, 2.45) is 10.2 Å². The summed E-state index contributed by atoms with van der Waals surface area (Å²) in [6, 6.07) is 7.07. The van der Waals surface area contributed by atoms with Crippen LogP contribution in [0.4, 0.5) is 11.4 Å². The quantitative estimate of drug-likeness (QED) is 0.424. The van der Waals surface area contributed by atoms with E-state index < -0.39 is 26.3 Å². The SMILES string of the molecule is Cc1[nH][nH]c(=O)c1N=Nc1c(O)cc(S(=O)(=O)O)c2ccccc12. The second kappa shape index (κ2) is 5.58. The highest BCUT2D eigenvalue weighted by Gasteiger charge is 2.19. The molecule has 4 N–H and O–H groups in total. The van der Waals surface area contributed by atoms with Gasteiger partial charge in [-0.3, -0.25) is 14.4 Å². The fraction of sp³-hybridized carbons (Fsp3) is 0.0714. The van der Waals surface area contributed by atoms with E-state index in [9.17, 15) is 22.9 Å². The Bertz CT molecular complexity index is 1130. The van der Waals surface area contributed by atoms with Gasteiger partial charge in [0.1, 0.15) is 16.3 Å². The van der Waals surface area contributed by atoms with Crippen LogP contribution in [0.25, 0.3) is 10.8 Å². The number of hydrogen-bond acceptors (Lipinski definition) is 6. The average Bonchev–Trinajstić information content (AvgIpc) is 2.84. The molecule has 0 aliphatic heterocycles. The van der Waals surface area contributed by atoms with Gasteiger partial charge in [0.25, 0.3) is 15.7 Å². The lowest BCUT2D eigenvalue weighted by atomic mass is 10.1. The summed E-state index contributed by atoms with van der Waals surface area (Å²) in [5.41, 5.74) is 0.00652. The third-order valence-corrected chi connectivity index (χ3v) is 4.31. The number of hydrogen-bond donors (Lipinski definition) is 4. The van der Waals surface area contributed by atoms with Gasteiger partial charge in [0.15, 0.2) is 5.69 Å². The summed E-state index contributed by atoms with van der Waals surface area (Å²) < 4.78 is 32.3. The number of phenolic OH excluding ortho intramolecular Hbond substituents is 1. The van der Waals surface area contributed by atoms with Crippen LogP contribution in [0.2, 0.25) is 0 Å². The van der Waals surface area contributed by atoms with Crippen molar-refractivity contribution in [3.05, 3.63) is 46.4 Å².